The molecule has 0 atom stereocenters. The van der Waals surface area contributed by atoms with Crippen molar-refractivity contribution < 1.29 is 0 Å². The Balaban J connectivity index is 1.84. The van der Waals surface area contributed by atoms with Crippen molar-refractivity contribution in [2.75, 3.05) is 24.3 Å². The summed E-state index contributed by atoms with van der Waals surface area (Å²) in [6, 6.07) is 21.1. The third-order valence-electron chi connectivity index (χ3n) is 4.75. The van der Waals surface area contributed by atoms with E-state index in [9.17, 15) is 0 Å². The number of hydrogen-bond acceptors (Lipinski definition) is 3. The average Bonchev–Trinajstić information content (AvgIpc) is 3.01. The van der Waals surface area contributed by atoms with Gasteiger partial charge in [0, 0.05) is 37.2 Å². The molecule has 4 nitrogen and oxygen atoms in total. The summed E-state index contributed by atoms with van der Waals surface area (Å²) in [5.41, 5.74) is 7.65. The molecule has 0 aliphatic rings. The van der Waals surface area contributed by atoms with Crippen molar-refractivity contribution in [3.63, 3.8) is 0 Å². The Morgan fingerprint density at radius 1 is 0.852 bits per heavy atom. The van der Waals surface area contributed by atoms with Gasteiger partial charge in [-0.05, 0) is 55.8 Å². The SMILES string of the molecule is Cc1ccc(Nc2c(-c3ccc(N(C)C)cc3)nc3cc(C)ccn23)cc1. The Kier molecular flexibility index (Phi) is 4.32. The van der Waals surface area contributed by atoms with Crippen LogP contribution >= 0.6 is 0 Å². The standard InChI is InChI=1S/C23H24N4/c1-16-5-9-19(10-6-16)24-23-22(18-7-11-20(12-8-18)26(3)4)25-21-15-17(2)13-14-27(21)23/h5-15,24H,1-4H3. The summed E-state index contributed by atoms with van der Waals surface area (Å²) in [7, 11) is 4.10. The van der Waals surface area contributed by atoms with E-state index in [0.717, 1.165) is 28.4 Å². The van der Waals surface area contributed by atoms with E-state index < -0.39 is 0 Å². The number of aromatic nitrogens is 2. The van der Waals surface area contributed by atoms with Gasteiger partial charge in [0.25, 0.3) is 0 Å². The number of aryl methyl sites for hydroxylation is 2. The van der Waals surface area contributed by atoms with Crippen molar-refractivity contribution in [1.29, 1.82) is 0 Å². The van der Waals surface area contributed by atoms with Crippen LogP contribution in [-0.4, -0.2) is 23.5 Å². The van der Waals surface area contributed by atoms with E-state index in [2.05, 4.69) is 95.3 Å². The van der Waals surface area contributed by atoms with Gasteiger partial charge >= 0.3 is 0 Å². The highest BCUT2D eigenvalue weighted by Gasteiger charge is 2.15. The number of nitrogens with zero attached hydrogens (tertiary/aromatic N) is 3. The highest BCUT2D eigenvalue weighted by molar-refractivity contribution is 5.80. The molecule has 0 radical (unpaired) electrons. The second-order valence-corrected chi connectivity index (χ2v) is 7.17. The number of benzene rings is 2. The third-order valence-corrected chi connectivity index (χ3v) is 4.75. The molecule has 0 spiro atoms. The molecule has 0 unspecified atom stereocenters. The Hall–Kier alpha value is -3.27. The van der Waals surface area contributed by atoms with Gasteiger partial charge in [0.15, 0.2) is 0 Å². The highest BCUT2D eigenvalue weighted by Crippen LogP contribution is 2.32. The first-order valence-electron chi connectivity index (χ1n) is 9.11. The molecule has 2 heterocycles. The van der Waals surface area contributed by atoms with Crippen molar-refractivity contribution >= 4 is 22.8 Å². The van der Waals surface area contributed by atoms with Gasteiger partial charge in [0.1, 0.15) is 17.2 Å². The summed E-state index contributed by atoms with van der Waals surface area (Å²) in [5.74, 6) is 0.978. The molecule has 136 valence electrons. The summed E-state index contributed by atoms with van der Waals surface area (Å²) >= 11 is 0. The number of anilines is 3. The minimum absolute atomic E-state index is 0.941. The van der Waals surface area contributed by atoms with Crippen LogP contribution in [0.4, 0.5) is 17.2 Å². The maximum absolute atomic E-state index is 4.92. The van der Waals surface area contributed by atoms with Gasteiger partial charge in [-0.15, -0.1) is 0 Å². The monoisotopic (exact) mass is 356 g/mol. The maximum atomic E-state index is 4.92. The lowest BCUT2D eigenvalue weighted by atomic mass is 10.1. The molecule has 4 aromatic rings. The quantitative estimate of drug-likeness (QED) is 0.529. The molecular weight excluding hydrogens is 332 g/mol. The fourth-order valence-corrected chi connectivity index (χ4v) is 3.16. The smallest absolute Gasteiger partial charge is 0.143 e. The zero-order chi connectivity index (χ0) is 19.0. The third kappa shape index (κ3) is 3.38. The topological polar surface area (TPSA) is 32.6 Å². The van der Waals surface area contributed by atoms with Gasteiger partial charge in [-0.25, -0.2) is 4.98 Å². The van der Waals surface area contributed by atoms with E-state index in [0.29, 0.717) is 0 Å². The minimum Gasteiger partial charge on any atom is -0.378 e. The van der Waals surface area contributed by atoms with E-state index in [1.807, 2.05) is 14.1 Å². The molecule has 2 aromatic carbocycles. The van der Waals surface area contributed by atoms with Crippen molar-refractivity contribution in [2.45, 2.75) is 13.8 Å². The number of imidazole rings is 1. The lowest BCUT2D eigenvalue weighted by molar-refractivity contribution is 1.13. The maximum Gasteiger partial charge on any atom is 0.143 e. The first-order chi connectivity index (χ1) is 13.0. The number of nitrogens with one attached hydrogen (secondary N) is 1. The second kappa shape index (κ2) is 6.80. The van der Waals surface area contributed by atoms with Crippen molar-refractivity contribution in [3.8, 4) is 11.3 Å². The number of pyridine rings is 1. The molecule has 0 aliphatic carbocycles. The van der Waals surface area contributed by atoms with Crippen molar-refractivity contribution in [3.05, 3.63) is 78.0 Å². The lowest BCUT2D eigenvalue weighted by Gasteiger charge is -2.13. The first kappa shape index (κ1) is 17.2. The summed E-state index contributed by atoms with van der Waals surface area (Å²) < 4.78 is 2.11. The molecule has 2 aromatic heterocycles. The fraction of sp³-hybridized carbons (Fsp3) is 0.174. The van der Waals surface area contributed by atoms with Gasteiger partial charge < -0.3 is 10.2 Å². The average molecular weight is 356 g/mol. The normalized spacial score (nSPS) is 11.0. The van der Waals surface area contributed by atoms with Crippen LogP contribution in [0.1, 0.15) is 11.1 Å². The van der Waals surface area contributed by atoms with Crippen molar-refractivity contribution in [2.24, 2.45) is 0 Å². The van der Waals surface area contributed by atoms with E-state index in [-0.39, 0.29) is 0 Å². The molecule has 0 fully saturated rings. The summed E-state index contributed by atoms with van der Waals surface area (Å²) in [6.07, 6.45) is 2.08. The van der Waals surface area contributed by atoms with Crippen LogP contribution in [0.3, 0.4) is 0 Å². The predicted molar refractivity (Wildman–Crippen MR) is 114 cm³/mol. The van der Waals surface area contributed by atoms with E-state index in [1.54, 1.807) is 0 Å². The van der Waals surface area contributed by atoms with E-state index >= 15 is 0 Å². The van der Waals surface area contributed by atoms with E-state index in [1.165, 1.54) is 16.8 Å². The number of fused-ring (bicyclic) bond motifs is 1. The minimum atomic E-state index is 0.941. The Bertz CT molecular complexity index is 1070. The van der Waals surface area contributed by atoms with Crippen LogP contribution in [0.25, 0.3) is 16.9 Å². The summed E-state index contributed by atoms with van der Waals surface area (Å²) in [6.45, 7) is 4.19. The first-order valence-corrected chi connectivity index (χ1v) is 9.11. The Morgan fingerprint density at radius 2 is 1.56 bits per heavy atom. The highest BCUT2D eigenvalue weighted by atomic mass is 15.1. The second-order valence-electron chi connectivity index (χ2n) is 7.17. The van der Waals surface area contributed by atoms with Crippen LogP contribution in [0.15, 0.2) is 66.9 Å². The Morgan fingerprint density at radius 3 is 2.22 bits per heavy atom. The molecule has 0 aliphatic heterocycles. The predicted octanol–water partition coefficient (Wildman–Crippen LogP) is 5.43. The van der Waals surface area contributed by atoms with Crippen molar-refractivity contribution in [1.82, 2.24) is 9.38 Å². The molecule has 0 amide bonds. The van der Waals surface area contributed by atoms with Gasteiger partial charge in [-0.3, -0.25) is 4.40 Å². The zero-order valence-electron chi connectivity index (χ0n) is 16.2. The molecular formula is C23H24N4. The van der Waals surface area contributed by atoms with Crippen LogP contribution in [0, 0.1) is 13.8 Å². The van der Waals surface area contributed by atoms with Gasteiger partial charge in [0.05, 0.1) is 0 Å². The van der Waals surface area contributed by atoms with Gasteiger partial charge in [-0.1, -0.05) is 29.8 Å². The number of hydrogen-bond donors (Lipinski definition) is 1. The molecule has 0 saturated heterocycles. The van der Waals surface area contributed by atoms with E-state index in [4.69, 9.17) is 4.98 Å². The lowest BCUT2D eigenvalue weighted by Crippen LogP contribution is -2.07. The molecule has 0 saturated carbocycles. The molecule has 1 N–H and O–H groups in total. The summed E-state index contributed by atoms with van der Waals surface area (Å²) in [5, 5.41) is 3.57. The number of rotatable bonds is 4. The largest absolute Gasteiger partial charge is 0.378 e. The van der Waals surface area contributed by atoms with Crippen LogP contribution < -0.4 is 10.2 Å². The zero-order valence-corrected chi connectivity index (χ0v) is 16.2. The molecule has 4 rings (SSSR count). The van der Waals surface area contributed by atoms with Gasteiger partial charge in [-0.2, -0.15) is 0 Å². The molecule has 27 heavy (non-hydrogen) atoms. The van der Waals surface area contributed by atoms with Crippen LogP contribution in [-0.2, 0) is 0 Å². The van der Waals surface area contributed by atoms with Gasteiger partial charge in [0.2, 0.25) is 0 Å². The fourth-order valence-electron chi connectivity index (χ4n) is 3.16. The van der Waals surface area contributed by atoms with Crippen LogP contribution in [0.5, 0.6) is 0 Å². The molecule has 4 heteroatoms. The summed E-state index contributed by atoms with van der Waals surface area (Å²) in [4.78, 5) is 7.02. The van der Waals surface area contributed by atoms with Crippen LogP contribution in [0.2, 0.25) is 0 Å². The molecule has 0 bridgehead atoms. The Labute approximate surface area is 160 Å².